The van der Waals surface area contributed by atoms with Crippen LogP contribution in [0.3, 0.4) is 0 Å². The Kier molecular flexibility index (Phi) is 3.68. The number of likely N-dealkylation sites (N-methyl/N-ethyl adjacent to an activating group) is 1. The summed E-state index contributed by atoms with van der Waals surface area (Å²) in [5, 5.41) is 0. The van der Waals surface area contributed by atoms with E-state index in [9.17, 15) is 8.42 Å². The van der Waals surface area contributed by atoms with Crippen molar-refractivity contribution in [2.24, 2.45) is 0 Å². The van der Waals surface area contributed by atoms with Crippen LogP contribution in [0, 0.1) is 6.92 Å². The highest BCUT2D eigenvalue weighted by Gasteiger charge is 2.60. The molecule has 0 bridgehead atoms. The van der Waals surface area contributed by atoms with Gasteiger partial charge >= 0.3 is 0 Å². The number of fused-ring (bicyclic) bond motifs is 3. The second kappa shape index (κ2) is 5.56. The summed E-state index contributed by atoms with van der Waals surface area (Å²) in [5.74, 6) is 0. The predicted molar refractivity (Wildman–Crippen MR) is 97.0 cm³/mol. The van der Waals surface area contributed by atoms with Gasteiger partial charge in [0.2, 0.25) is 10.0 Å². The Balaban J connectivity index is 1.81. The van der Waals surface area contributed by atoms with Crippen LogP contribution in [-0.4, -0.2) is 39.6 Å². The molecule has 132 valence electrons. The Bertz CT molecular complexity index is 911. The van der Waals surface area contributed by atoms with E-state index < -0.39 is 15.6 Å². The second-order valence-corrected chi connectivity index (χ2v) is 8.66. The average Bonchev–Trinajstić information content (AvgIpc) is 3.12. The van der Waals surface area contributed by atoms with E-state index in [0.717, 1.165) is 16.8 Å². The first-order chi connectivity index (χ1) is 11.9. The molecule has 0 aliphatic carbocycles. The highest BCUT2D eigenvalue weighted by Crippen LogP contribution is 2.53. The van der Waals surface area contributed by atoms with E-state index in [-0.39, 0.29) is 6.17 Å². The van der Waals surface area contributed by atoms with Crippen molar-refractivity contribution in [2.75, 3.05) is 25.6 Å². The normalized spacial score (nSPS) is 25.9. The summed E-state index contributed by atoms with van der Waals surface area (Å²) in [6.07, 6.45) is 0.266. The standard InChI is InChI=1S/C19H22N2O3S/c1-14-8-10-15(11-9-14)25(22,23)21-13-12-19(24-3)16-6-4-5-7-17(16)20(2)18(19)21/h4-11,18H,12-13H2,1-3H3/t18-,19+/m1/s1. The molecule has 0 unspecified atom stereocenters. The Morgan fingerprint density at radius 2 is 1.80 bits per heavy atom. The molecule has 0 N–H and O–H groups in total. The monoisotopic (exact) mass is 358 g/mol. The van der Waals surface area contributed by atoms with Gasteiger partial charge in [0, 0.05) is 32.0 Å². The van der Waals surface area contributed by atoms with Gasteiger partial charge in [-0.2, -0.15) is 4.31 Å². The molecule has 0 saturated carbocycles. The molecule has 6 heteroatoms. The SMILES string of the molecule is CO[C@]12CCN(S(=O)(=O)c3ccc(C)cc3)[C@H]1N(C)c1ccccc12. The number of para-hydroxylation sites is 1. The molecular weight excluding hydrogens is 336 g/mol. The third kappa shape index (κ3) is 2.18. The van der Waals surface area contributed by atoms with Gasteiger partial charge in [0.15, 0.2) is 0 Å². The van der Waals surface area contributed by atoms with Crippen molar-refractivity contribution < 1.29 is 13.2 Å². The first kappa shape index (κ1) is 16.6. The van der Waals surface area contributed by atoms with Gasteiger partial charge in [0.1, 0.15) is 11.8 Å². The van der Waals surface area contributed by atoms with Crippen LogP contribution in [0.2, 0.25) is 0 Å². The highest BCUT2D eigenvalue weighted by atomic mass is 32.2. The van der Waals surface area contributed by atoms with Crippen LogP contribution in [0.25, 0.3) is 0 Å². The molecule has 25 heavy (non-hydrogen) atoms. The summed E-state index contributed by atoms with van der Waals surface area (Å²) >= 11 is 0. The number of anilines is 1. The molecule has 1 fully saturated rings. The van der Waals surface area contributed by atoms with Crippen LogP contribution < -0.4 is 4.90 Å². The molecule has 0 radical (unpaired) electrons. The topological polar surface area (TPSA) is 49.9 Å². The number of hydrogen-bond donors (Lipinski definition) is 0. The number of rotatable bonds is 3. The number of nitrogens with zero attached hydrogens (tertiary/aromatic N) is 2. The molecule has 2 heterocycles. The van der Waals surface area contributed by atoms with Gasteiger partial charge in [-0.05, 0) is 31.5 Å². The van der Waals surface area contributed by atoms with E-state index in [2.05, 4.69) is 0 Å². The van der Waals surface area contributed by atoms with Crippen LogP contribution >= 0.6 is 0 Å². The van der Waals surface area contributed by atoms with Crippen molar-refractivity contribution in [3.05, 3.63) is 59.7 Å². The molecule has 2 atom stereocenters. The Labute approximate surface area is 148 Å². The smallest absolute Gasteiger partial charge is 0.244 e. The molecule has 0 amide bonds. The second-order valence-electron chi connectivity index (χ2n) is 6.77. The fraction of sp³-hybridized carbons (Fsp3) is 0.368. The minimum Gasteiger partial charge on any atom is -0.370 e. The van der Waals surface area contributed by atoms with Crippen molar-refractivity contribution in [3.63, 3.8) is 0 Å². The van der Waals surface area contributed by atoms with Gasteiger partial charge in [-0.15, -0.1) is 0 Å². The van der Waals surface area contributed by atoms with Crippen LogP contribution in [0.4, 0.5) is 5.69 Å². The maximum atomic E-state index is 13.3. The van der Waals surface area contributed by atoms with Crippen LogP contribution in [-0.2, 0) is 20.4 Å². The largest absolute Gasteiger partial charge is 0.370 e. The minimum absolute atomic E-state index is 0.328. The third-order valence-electron chi connectivity index (χ3n) is 5.49. The molecule has 2 aromatic carbocycles. The molecule has 2 aliphatic heterocycles. The number of benzene rings is 2. The van der Waals surface area contributed by atoms with Crippen LogP contribution in [0.15, 0.2) is 53.4 Å². The van der Waals surface area contributed by atoms with Gasteiger partial charge in [-0.1, -0.05) is 35.9 Å². The van der Waals surface area contributed by atoms with Gasteiger partial charge in [-0.25, -0.2) is 8.42 Å². The molecular formula is C19H22N2O3S. The van der Waals surface area contributed by atoms with Crippen molar-refractivity contribution in [3.8, 4) is 0 Å². The maximum Gasteiger partial charge on any atom is 0.244 e. The van der Waals surface area contributed by atoms with Crippen molar-refractivity contribution in [2.45, 2.75) is 30.0 Å². The summed E-state index contributed by atoms with van der Waals surface area (Å²) < 4.78 is 34.1. The highest BCUT2D eigenvalue weighted by molar-refractivity contribution is 7.89. The zero-order valence-electron chi connectivity index (χ0n) is 14.6. The fourth-order valence-corrected chi connectivity index (χ4v) is 5.88. The van der Waals surface area contributed by atoms with E-state index >= 15 is 0 Å². The molecule has 4 rings (SSSR count). The Morgan fingerprint density at radius 1 is 1.12 bits per heavy atom. The lowest BCUT2D eigenvalue weighted by Crippen LogP contribution is -2.51. The molecule has 0 spiro atoms. The first-order valence-corrected chi connectivity index (χ1v) is 9.82. The molecule has 2 aliphatic rings. The summed E-state index contributed by atoms with van der Waals surface area (Å²) in [6, 6.07) is 15.0. The molecule has 5 nitrogen and oxygen atoms in total. The van der Waals surface area contributed by atoms with Crippen molar-refractivity contribution in [1.29, 1.82) is 0 Å². The minimum atomic E-state index is -3.60. The van der Waals surface area contributed by atoms with E-state index in [1.165, 1.54) is 0 Å². The van der Waals surface area contributed by atoms with Crippen molar-refractivity contribution in [1.82, 2.24) is 4.31 Å². The molecule has 2 aromatic rings. The lowest BCUT2D eigenvalue weighted by atomic mass is 9.93. The third-order valence-corrected chi connectivity index (χ3v) is 7.36. The zero-order valence-corrected chi connectivity index (χ0v) is 15.5. The molecule has 0 aromatic heterocycles. The number of sulfonamides is 1. The summed E-state index contributed by atoms with van der Waals surface area (Å²) in [6.45, 7) is 2.39. The Hall–Kier alpha value is -1.89. The van der Waals surface area contributed by atoms with Gasteiger partial charge in [-0.3, -0.25) is 0 Å². The molecule has 1 saturated heterocycles. The summed E-state index contributed by atoms with van der Waals surface area (Å²) in [4.78, 5) is 2.35. The number of aryl methyl sites for hydroxylation is 1. The van der Waals surface area contributed by atoms with Gasteiger partial charge in [0.25, 0.3) is 0 Å². The van der Waals surface area contributed by atoms with E-state index in [1.807, 2.05) is 55.3 Å². The number of ether oxygens (including phenoxy) is 1. The predicted octanol–water partition coefficient (Wildman–Crippen LogP) is 2.71. The summed E-state index contributed by atoms with van der Waals surface area (Å²) in [7, 11) is 0.0125. The average molecular weight is 358 g/mol. The van der Waals surface area contributed by atoms with Crippen LogP contribution in [0.1, 0.15) is 17.5 Å². The van der Waals surface area contributed by atoms with E-state index in [1.54, 1.807) is 23.5 Å². The summed E-state index contributed by atoms with van der Waals surface area (Å²) in [5.41, 5.74) is 2.50. The lowest BCUT2D eigenvalue weighted by Gasteiger charge is -2.35. The number of hydrogen-bond acceptors (Lipinski definition) is 4. The van der Waals surface area contributed by atoms with E-state index in [0.29, 0.717) is 17.9 Å². The van der Waals surface area contributed by atoms with E-state index in [4.69, 9.17) is 4.74 Å². The Morgan fingerprint density at radius 3 is 2.48 bits per heavy atom. The first-order valence-electron chi connectivity index (χ1n) is 8.38. The van der Waals surface area contributed by atoms with Gasteiger partial charge in [0.05, 0.1) is 4.90 Å². The van der Waals surface area contributed by atoms with Crippen LogP contribution in [0.5, 0.6) is 0 Å². The van der Waals surface area contributed by atoms with Gasteiger partial charge < -0.3 is 9.64 Å². The lowest BCUT2D eigenvalue weighted by molar-refractivity contribution is -0.0237. The zero-order chi connectivity index (χ0) is 17.8. The maximum absolute atomic E-state index is 13.3. The van der Waals surface area contributed by atoms with Crippen molar-refractivity contribution >= 4 is 15.7 Å². The quantitative estimate of drug-likeness (QED) is 0.847. The number of methoxy groups -OCH3 is 1. The fourth-order valence-electron chi connectivity index (χ4n) is 4.23.